The topological polar surface area (TPSA) is 73.0 Å². The van der Waals surface area contributed by atoms with Gasteiger partial charge in [0.05, 0.1) is 18.6 Å². The Bertz CT molecular complexity index is 1080. The van der Waals surface area contributed by atoms with Gasteiger partial charge in [-0.2, -0.15) is 0 Å². The van der Waals surface area contributed by atoms with Crippen molar-refractivity contribution in [3.63, 3.8) is 0 Å². The number of furan rings is 1. The fraction of sp³-hybridized carbons (Fsp3) is 0.208. The van der Waals surface area contributed by atoms with Crippen LogP contribution in [0, 0.1) is 0 Å². The van der Waals surface area contributed by atoms with Crippen molar-refractivity contribution in [3.8, 4) is 11.6 Å². The van der Waals surface area contributed by atoms with E-state index in [1.54, 1.807) is 6.26 Å². The summed E-state index contributed by atoms with van der Waals surface area (Å²) in [6, 6.07) is 24.1. The van der Waals surface area contributed by atoms with Crippen LogP contribution in [0.25, 0.3) is 11.6 Å². The third-order valence-electron chi connectivity index (χ3n) is 4.78. The summed E-state index contributed by atoms with van der Waals surface area (Å²) in [5.74, 6) is 1.59. The van der Waals surface area contributed by atoms with E-state index in [4.69, 9.17) is 4.42 Å². The number of benzene rings is 2. The van der Waals surface area contributed by atoms with E-state index in [9.17, 15) is 4.79 Å². The van der Waals surface area contributed by atoms with Crippen molar-refractivity contribution in [2.75, 3.05) is 12.3 Å². The van der Waals surface area contributed by atoms with E-state index < -0.39 is 0 Å². The van der Waals surface area contributed by atoms with E-state index in [1.165, 1.54) is 17.3 Å². The van der Waals surface area contributed by atoms with Gasteiger partial charge in [-0.1, -0.05) is 72.4 Å². The second-order valence-corrected chi connectivity index (χ2v) is 8.03. The first kappa shape index (κ1) is 20.9. The zero-order valence-corrected chi connectivity index (χ0v) is 17.9. The third kappa shape index (κ3) is 5.86. The Kier molecular flexibility index (Phi) is 7.18. The molecule has 31 heavy (non-hydrogen) atoms. The predicted molar refractivity (Wildman–Crippen MR) is 122 cm³/mol. The van der Waals surface area contributed by atoms with Crippen LogP contribution in [0.2, 0.25) is 0 Å². The number of nitrogens with zero attached hydrogens (tertiary/aromatic N) is 3. The Morgan fingerprint density at radius 3 is 2.39 bits per heavy atom. The maximum Gasteiger partial charge on any atom is 0.230 e. The van der Waals surface area contributed by atoms with E-state index in [0.29, 0.717) is 29.8 Å². The maximum absolute atomic E-state index is 12.3. The van der Waals surface area contributed by atoms with Gasteiger partial charge in [0.25, 0.3) is 0 Å². The maximum atomic E-state index is 12.3. The van der Waals surface area contributed by atoms with Crippen molar-refractivity contribution in [2.45, 2.75) is 24.5 Å². The molecule has 0 aliphatic carbocycles. The van der Waals surface area contributed by atoms with Gasteiger partial charge in [0.15, 0.2) is 10.9 Å². The summed E-state index contributed by atoms with van der Waals surface area (Å²) in [7, 11) is 0. The molecular formula is C24H24N4O2S. The average Bonchev–Trinajstić information content (AvgIpc) is 3.47. The van der Waals surface area contributed by atoms with Gasteiger partial charge in [-0.15, -0.1) is 10.2 Å². The summed E-state index contributed by atoms with van der Waals surface area (Å²) in [6.45, 7) is 1.26. The zero-order valence-electron chi connectivity index (χ0n) is 17.1. The standard InChI is InChI=1S/C24H24N4O2S/c29-22(25-15-7-13-19-9-3-1-4-10-19)18-31-24-27-26-23(21-14-8-16-30-21)28(24)17-20-11-5-2-6-12-20/h1-6,8-12,14,16H,7,13,15,17-18H2,(H,25,29). The minimum atomic E-state index is -0.00753. The SMILES string of the molecule is O=C(CSc1nnc(-c2ccco2)n1Cc1ccccc1)NCCCc1ccccc1. The van der Waals surface area contributed by atoms with Crippen LogP contribution in [0.5, 0.6) is 0 Å². The number of aromatic nitrogens is 3. The zero-order chi connectivity index (χ0) is 21.3. The molecule has 2 aromatic heterocycles. The summed E-state index contributed by atoms with van der Waals surface area (Å²) in [6.07, 6.45) is 3.48. The highest BCUT2D eigenvalue weighted by Crippen LogP contribution is 2.25. The average molecular weight is 433 g/mol. The molecule has 0 atom stereocenters. The van der Waals surface area contributed by atoms with Gasteiger partial charge >= 0.3 is 0 Å². The van der Waals surface area contributed by atoms with Crippen LogP contribution in [-0.2, 0) is 17.8 Å². The minimum absolute atomic E-state index is 0.00753. The Morgan fingerprint density at radius 1 is 0.935 bits per heavy atom. The normalized spacial score (nSPS) is 10.8. The van der Waals surface area contributed by atoms with Crippen LogP contribution < -0.4 is 5.32 Å². The summed E-state index contributed by atoms with van der Waals surface area (Å²) in [4.78, 5) is 12.3. The van der Waals surface area contributed by atoms with Crippen LogP contribution in [0.4, 0.5) is 0 Å². The molecule has 0 aliphatic heterocycles. The summed E-state index contributed by atoms with van der Waals surface area (Å²) >= 11 is 1.38. The fourth-order valence-corrected chi connectivity index (χ4v) is 4.01. The van der Waals surface area contributed by atoms with E-state index in [1.807, 2.05) is 53.1 Å². The minimum Gasteiger partial charge on any atom is -0.461 e. The number of hydrogen-bond acceptors (Lipinski definition) is 5. The van der Waals surface area contributed by atoms with Gasteiger partial charge in [-0.05, 0) is 36.1 Å². The third-order valence-corrected chi connectivity index (χ3v) is 5.75. The number of rotatable bonds is 10. The Labute approximate surface area is 185 Å². The molecule has 0 spiro atoms. The van der Waals surface area contributed by atoms with Crippen molar-refractivity contribution >= 4 is 17.7 Å². The van der Waals surface area contributed by atoms with Crippen LogP contribution in [0.1, 0.15) is 17.5 Å². The van der Waals surface area contributed by atoms with E-state index in [-0.39, 0.29) is 11.7 Å². The fourth-order valence-electron chi connectivity index (χ4n) is 3.24. The molecule has 1 amide bonds. The second kappa shape index (κ2) is 10.6. The number of aryl methyl sites for hydroxylation is 1. The molecule has 6 nitrogen and oxygen atoms in total. The summed E-state index contributed by atoms with van der Waals surface area (Å²) in [5, 5.41) is 12.3. The van der Waals surface area contributed by atoms with Gasteiger partial charge in [-0.3, -0.25) is 9.36 Å². The van der Waals surface area contributed by atoms with Crippen molar-refractivity contribution < 1.29 is 9.21 Å². The first-order valence-corrected chi connectivity index (χ1v) is 11.2. The summed E-state index contributed by atoms with van der Waals surface area (Å²) in [5.41, 5.74) is 2.41. The molecule has 0 saturated carbocycles. The number of thioether (sulfide) groups is 1. The molecule has 0 aliphatic rings. The van der Waals surface area contributed by atoms with Gasteiger partial charge in [0.2, 0.25) is 11.7 Å². The van der Waals surface area contributed by atoms with Crippen molar-refractivity contribution in [2.24, 2.45) is 0 Å². The molecule has 4 aromatic rings. The molecule has 2 heterocycles. The van der Waals surface area contributed by atoms with E-state index >= 15 is 0 Å². The lowest BCUT2D eigenvalue weighted by Crippen LogP contribution is -2.26. The van der Waals surface area contributed by atoms with Crippen molar-refractivity contribution in [3.05, 3.63) is 90.2 Å². The highest BCUT2D eigenvalue weighted by Gasteiger charge is 2.17. The van der Waals surface area contributed by atoms with E-state index in [0.717, 1.165) is 18.4 Å². The molecule has 0 fully saturated rings. The number of amides is 1. The number of carbonyl (C=O) groups is 1. The van der Waals surface area contributed by atoms with Gasteiger partial charge < -0.3 is 9.73 Å². The van der Waals surface area contributed by atoms with Crippen molar-refractivity contribution in [1.82, 2.24) is 20.1 Å². The highest BCUT2D eigenvalue weighted by molar-refractivity contribution is 7.99. The lowest BCUT2D eigenvalue weighted by atomic mass is 10.1. The lowest BCUT2D eigenvalue weighted by molar-refractivity contribution is -0.118. The molecule has 0 bridgehead atoms. The van der Waals surface area contributed by atoms with Gasteiger partial charge in [-0.25, -0.2) is 0 Å². The van der Waals surface area contributed by atoms with Crippen LogP contribution in [0.15, 0.2) is 88.6 Å². The Morgan fingerprint density at radius 2 is 1.68 bits per heavy atom. The first-order valence-electron chi connectivity index (χ1n) is 10.2. The van der Waals surface area contributed by atoms with Crippen LogP contribution in [0.3, 0.4) is 0 Å². The van der Waals surface area contributed by atoms with Gasteiger partial charge in [0.1, 0.15) is 0 Å². The van der Waals surface area contributed by atoms with E-state index in [2.05, 4.69) is 39.8 Å². The first-order chi connectivity index (χ1) is 15.3. The second-order valence-electron chi connectivity index (χ2n) is 7.08. The summed E-state index contributed by atoms with van der Waals surface area (Å²) < 4.78 is 7.51. The molecule has 2 aromatic carbocycles. The quantitative estimate of drug-likeness (QED) is 0.296. The molecule has 0 saturated heterocycles. The molecule has 7 heteroatoms. The molecule has 158 valence electrons. The predicted octanol–water partition coefficient (Wildman–Crippen LogP) is 4.43. The monoisotopic (exact) mass is 432 g/mol. The van der Waals surface area contributed by atoms with Gasteiger partial charge in [0, 0.05) is 6.54 Å². The Balaban J connectivity index is 1.34. The number of nitrogens with one attached hydrogen (secondary N) is 1. The van der Waals surface area contributed by atoms with Crippen LogP contribution >= 0.6 is 11.8 Å². The number of hydrogen-bond donors (Lipinski definition) is 1. The smallest absolute Gasteiger partial charge is 0.230 e. The highest BCUT2D eigenvalue weighted by atomic mass is 32.2. The van der Waals surface area contributed by atoms with Crippen molar-refractivity contribution in [1.29, 1.82) is 0 Å². The lowest BCUT2D eigenvalue weighted by Gasteiger charge is -2.09. The molecule has 4 rings (SSSR count). The largest absolute Gasteiger partial charge is 0.461 e. The molecule has 0 radical (unpaired) electrons. The Hall–Kier alpha value is -3.32. The molecule has 1 N–H and O–H groups in total. The number of carbonyl (C=O) groups excluding carboxylic acids is 1. The molecule has 0 unspecified atom stereocenters. The molecular weight excluding hydrogens is 408 g/mol. The van der Waals surface area contributed by atoms with Crippen LogP contribution in [-0.4, -0.2) is 33.0 Å².